The lowest BCUT2D eigenvalue weighted by molar-refractivity contribution is -0.133. The zero-order valence-corrected chi connectivity index (χ0v) is 12.6. The maximum absolute atomic E-state index is 12.8. The lowest BCUT2D eigenvalue weighted by Crippen LogP contribution is -2.43. The SMILES string of the molecule is CCC1(C)NC(c2ccccc2)N(CC2(C)CC2)C1=O. The monoisotopic (exact) mass is 272 g/mol. The molecule has 1 saturated carbocycles. The Morgan fingerprint density at radius 3 is 2.45 bits per heavy atom. The Morgan fingerprint density at radius 1 is 1.25 bits per heavy atom. The van der Waals surface area contributed by atoms with E-state index in [1.807, 2.05) is 25.1 Å². The lowest BCUT2D eigenvalue weighted by Gasteiger charge is -2.27. The van der Waals surface area contributed by atoms with Crippen LogP contribution in [0.15, 0.2) is 30.3 Å². The maximum Gasteiger partial charge on any atom is 0.244 e. The second-order valence-corrected chi connectivity index (χ2v) is 6.89. The van der Waals surface area contributed by atoms with E-state index >= 15 is 0 Å². The van der Waals surface area contributed by atoms with Crippen molar-refractivity contribution in [2.75, 3.05) is 6.54 Å². The van der Waals surface area contributed by atoms with Crippen molar-refractivity contribution in [2.24, 2.45) is 5.41 Å². The van der Waals surface area contributed by atoms with Gasteiger partial charge < -0.3 is 4.90 Å². The minimum Gasteiger partial charge on any atom is -0.321 e. The molecular formula is C17H24N2O. The molecule has 20 heavy (non-hydrogen) atoms. The van der Waals surface area contributed by atoms with Crippen LogP contribution in [0.3, 0.4) is 0 Å². The van der Waals surface area contributed by atoms with Crippen LogP contribution in [0.4, 0.5) is 0 Å². The zero-order valence-electron chi connectivity index (χ0n) is 12.6. The summed E-state index contributed by atoms with van der Waals surface area (Å²) in [6, 6.07) is 10.3. The van der Waals surface area contributed by atoms with E-state index in [1.54, 1.807) is 0 Å². The predicted octanol–water partition coefficient (Wildman–Crippen LogP) is 3.09. The summed E-state index contributed by atoms with van der Waals surface area (Å²) in [4.78, 5) is 14.9. The molecule has 2 aliphatic rings. The summed E-state index contributed by atoms with van der Waals surface area (Å²) in [6.45, 7) is 7.26. The van der Waals surface area contributed by atoms with Crippen LogP contribution in [0.25, 0.3) is 0 Å². The smallest absolute Gasteiger partial charge is 0.244 e. The van der Waals surface area contributed by atoms with E-state index in [1.165, 1.54) is 18.4 Å². The summed E-state index contributed by atoms with van der Waals surface area (Å²) in [6.07, 6.45) is 3.32. The Bertz CT molecular complexity index is 509. The normalized spacial score (nSPS) is 31.6. The Labute approximate surface area is 121 Å². The molecule has 3 heteroatoms. The minimum atomic E-state index is -0.425. The van der Waals surface area contributed by atoms with Gasteiger partial charge in [0.2, 0.25) is 5.91 Å². The number of carbonyl (C=O) groups is 1. The van der Waals surface area contributed by atoms with Crippen LogP contribution in [-0.2, 0) is 4.79 Å². The van der Waals surface area contributed by atoms with Crippen molar-refractivity contribution in [1.82, 2.24) is 10.2 Å². The number of hydrogen-bond acceptors (Lipinski definition) is 2. The summed E-state index contributed by atoms with van der Waals surface area (Å²) < 4.78 is 0. The van der Waals surface area contributed by atoms with Crippen molar-refractivity contribution < 1.29 is 4.79 Å². The highest BCUT2D eigenvalue weighted by molar-refractivity contribution is 5.88. The van der Waals surface area contributed by atoms with Gasteiger partial charge in [-0.2, -0.15) is 0 Å². The summed E-state index contributed by atoms with van der Waals surface area (Å²) in [7, 11) is 0. The summed E-state index contributed by atoms with van der Waals surface area (Å²) in [5, 5.41) is 3.56. The molecular weight excluding hydrogens is 248 g/mol. The van der Waals surface area contributed by atoms with E-state index in [0.29, 0.717) is 5.41 Å². The first-order chi connectivity index (χ1) is 9.47. The molecule has 1 heterocycles. The molecule has 3 nitrogen and oxygen atoms in total. The first-order valence-electron chi connectivity index (χ1n) is 7.61. The third kappa shape index (κ3) is 2.24. The summed E-state index contributed by atoms with van der Waals surface area (Å²) >= 11 is 0. The average Bonchev–Trinajstić information content (AvgIpc) is 3.14. The topological polar surface area (TPSA) is 32.3 Å². The van der Waals surface area contributed by atoms with E-state index in [0.717, 1.165) is 13.0 Å². The molecule has 0 bridgehead atoms. The van der Waals surface area contributed by atoms with Crippen molar-refractivity contribution in [3.8, 4) is 0 Å². The van der Waals surface area contributed by atoms with Crippen LogP contribution < -0.4 is 5.32 Å². The largest absolute Gasteiger partial charge is 0.321 e. The number of nitrogens with one attached hydrogen (secondary N) is 1. The highest BCUT2D eigenvalue weighted by atomic mass is 16.2. The molecule has 0 spiro atoms. The first kappa shape index (κ1) is 13.6. The molecule has 1 saturated heterocycles. The molecule has 0 radical (unpaired) electrons. The second-order valence-electron chi connectivity index (χ2n) is 6.89. The van der Waals surface area contributed by atoms with Crippen molar-refractivity contribution in [3.05, 3.63) is 35.9 Å². The summed E-state index contributed by atoms with van der Waals surface area (Å²) in [5.41, 5.74) is 1.09. The van der Waals surface area contributed by atoms with Gasteiger partial charge in [-0.15, -0.1) is 0 Å². The van der Waals surface area contributed by atoms with Gasteiger partial charge in [-0.3, -0.25) is 10.1 Å². The van der Waals surface area contributed by atoms with E-state index < -0.39 is 5.54 Å². The molecule has 2 unspecified atom stereocenters. The standard InChI is InChI=1S/C17H24N2O/c1-4-17(3)15(20)19(12-16(2)10-11-16)14(18-17)13-8-6-5-7-9-13/h5-9,14,18H,4,10-12H2,1-3H3. The number of benzene rings is 1. The molecule has 1 aromatic rings. The van der Waals surface area contributed by atoms with Crippen molar-refractivity contribution in [2.45, 2.75) is 51.7 Å². The van der Waals surface area contributed by atoms with Crippen molar-refractivity contribution >= 4 is 5.91 Å². The summed E-state index contributed by atoms with van der Waals surface area (Å²) in [5.74, 6) is 0.252. The predicted molar refractivity (Wildman–Crippen MR) is 80.1 cm³/mol. The van der Waals surface area contributed by atoms with Gasteiger partial charge in [-0.05, 0) is 37.2 Å². The fourth-order valence-electron chi connectivity index (χ4n) is 2.97. The fourth-order valence-corrected chi connectivity index (χ4v) is 2.97. The quantitative estimate of drug-likeness (QED) is 0.913. The van der Waals surface area contributed by atoms with Crippen LogP contribution in [0.5, 0.6) is 0 Å². The zero-order chi connectivity index (χ0) is 14.4. The molecule has 1 aliphatic heterocycles. The second kappa shape index (κ2) is 4.59. The first-order valence-corrected chi connectivity index (χ1v) is 7.61. The molecule has 1 amide bonds. The van der Waals surface area contributed by atoms with Gasteiger partial charge in [0.25, 0.3) is 0 Å². The van der Waals surface area contributed by atoms with E-state index in [-0.39, 0.29) is 12.1 Å². The third-order valence-electron chi connectivity index (χ3n) is 4.98. The number of hydrogen-bond donors (Lipinski definition) is 1. The highest BCUT2D eigenvalue weighted by Gasteiger charge is 2.51. The van der Waals surface area contributed by atoms with Crippen LogP contribution >= 0.6 is 0 Å². The van der Waals surface area contributed by atoms with E-state index in [2.05, 4.69) is 36.2 Å². The van der Waals surface area contributed by atoms with Gasteiger partial charge in [-0.1, -0.05) is 44.2 Å². The van der Waals surface area contributed by atoms with Gasteiger partial charge in [0.05, 0.1) is 5.54 Å². The molecule has 2 atom stereocenters. The third-order valence-corrected chi connectivity index (χ3v) is 4.98. The average molecular weight is 272 g/mol. The van der Waals surface area contributed by atoms with Gasteiger partial charge in [0.15, 0.2) is 0 Å². The highest BCUT2D eigenvalue weighted by Crippen LogP contribution is 2.48. The number of rotatable bonds is 4. The fraction of sp³-hybridized carbons (Fsp3) is 0.588. The maximum atomic E-state index is 12.8. The van der Waals surface area contributed by atoms with E-state index in [9.17, 15) is 4.79 Å². The molecule has 2 fully saturated rings. The number of nitrogens with zero attached hydrogens (tertiary/aromatic N) is 1. The minimum absolute atomic E-state index is 0.0195. The molecule has 1 N–H and O–H groups in total. The Hall–Kier alpha value is -1.35. The van der Waals surface area contributed by atoms with Gasteiger partial charge in [-0.25, -0.2) is 0 Å². The molecule has 1 aromatic carbocycles. The van der Waals surface area contributed by atoms with E-state index in [4.69, 9.17) is 0 Å². The van der Waals surface area contributed by atoms with Crippen LogP contribution in [0, 0.1) is 5.41 Å². The van der Waals surface area contributed by atoms with Gasteiger partial charge in [0, 0.05) is 6.54 Å². The Kier molecular flexibility index (Phi) is 3.13. The van der Waals surface area contributed by atoms with Crippen LogP contribution in [-0.4, -0.2) is 22.9 Å². The number of amides is 1. The molecule has 0 aromatic heterocycles. The lowest BCUT2D eigenvalue weighted by atomic mass is 9.99. The molecule has 3 rings (SSSR count). The molecule has 1 aliphatic carbocycles. The van der Waals surface area contributed by atoms with Crippen LogP contribution in [0.1, 0.15) is 51.8 Å². The Morgan fingerprint density at radius 2 is 1.90 bits per heavy atom. The Balaban J connectivity index is 1.91. The molecule has 108 valence electrons. The number of carbonyl (C=O) groups excluding carboxylic acids is 1. The van der Waals surface area contributed by atoms with Crippen molar-refractivity contribution in [1.29, 1.82) is 0 Å². The van der Waals surface area contributed by atoms with Gasteiger partial charge >= 0.3 is 0 Å². The van der Waals surface area contributed by atoms with Crippen LogP contribution in [0.2, 0.25) is 0 Å². The van der Waals surface area contributed by atoms with Gasteiger partial charge in [0.1, 0.15) is 6.17 Å². The van der Waals surface area contributed by atoms with Crippen molar-refractivity contribution in [3.63, 3.8) is 0 Å².